The van der Waals surface area contributed by atoms with Crippen LogP contribution in [0.3, 0.4) is 0 Å². The molecule has 0 spiro atoms. The highest BCUT2D eigenvalue weighted by Crippen LogP contribution is 2.02. The summed E-state index contributed by atoms with van der Waals surface area (Å²) in [5, 5.41) is 18.1. The van der Waals surface area contributed by atoms with Gasteiger partial charge in [0.15, 0.2) is 0 Å². The fourth-order valence-corrected chi connectivity index (χ4v) is 1.36. The lowest BCUT2D eigenvalue weighted by Gasteiger charge is -2.21. The third kappa shape index (κ3) is 6.99. The first-order chi connectivity index (χ1) is 6.24. The second-order valence-electron chi connectivity index (χ2n) is 3.36. The zero-order valence-electron chi connectivity index (χ0n) is 8.87. The molecule has 0 aliphatic heterocycles. The van der Waals surface area contributed by atoms with Crippen LogP contribution >= 0.6 is 0 Å². The molecule has 2 N–H and O–H groups in total. The number of hydrogen-bond donors (Lipinski definition) is 2. The molecule has 0 fully saturated rings. The molecule has 0 radical (unpaired) electrons. The highest BCUT2D eigenvalue weighted by Gasteiger charge is 2.07. The van der Waals surface area contributed by atoms with Gasteiger partial charge in [-0.3, -0.25) is 0 Å². The maximum absolute atomic E-state index is 9.59. The van der Waals surface area contributed by atoms with Gasteiger partial charge in [-0.15, -0.1) is 0 Å². The van der Waals surface area contributed by atoms with E-state index in [1.807, 2.05) is 0 Å². The Labute approximate surface area is 81.4 Å². The molecule has 0 aliphatic rings. The number of unbranched alkanes of at least 4 members (excludes halogenated alkanes) is 1. The number of rotatable bonds is 8. The lowest BCUT2D eigenvalue weighted by Crippen LogP contribution is -2.32. The van der Waals surface area contributed by atoms with E-state index in [9.17, 15) is 5.11 Å². The van der Waals surface area contributed by atoms with E-state index in [0.29, 0.717) is 0 Å². The maximum atomic E-state index is 9.59. The summed E-state index contributed by atoms with van der Waals surface area (Å²) in [5.41, 5.74) is 0. The number of aliphatic hydroxyl groups is 2. The molecule has 0 heterocycles. The van der Waals surface area contributed by atoms with E-state index in [2.05, 4.69) is 18.7 Å². The molecule has 0 amide bonds. The van der Waals surface area contributed by atoms with Crippen molar-refractivity contribution in [2.75, 3.05) is 26.2 Å². The third-order valence-corrected chi connectivity index (χ3v) is 2.31. The van der Waals surface area contributed by atoms with Crippen molar-refractivity contribution in [1.82, 2.24) is 4.90 Å². The van der Waals surface area contributed by atoms with E-state index in [4.69, 9.17) is 5.11 Å². The van der Waals surface area contributed by atoms with Gasteiger partial charge in [0.25, 0.3) is 0 Å². The molecule has 0 bridgehead atoms. The quantitative estimate of drug-likeness (QED) is 0.556. The van der Waals surface area contributed by atoms with E-state index in [0.717, 1.165) is 38.9 Å². The molecule has 0 aromatic rings. The molecule has 0 aromatic heterocycles. The van der Waals surface area contributed by atoms with Crippen molar-refractivity contribution >= 4 is 0 Å². The topological polar surface area (TPSA) is 43.7 Å². The third-order valence-electron chi connectivity index (χ3n) is 2.31. The van der Waals surface area contributed by atoms with Crippen molar-refractivity contribution in [1.29, 1.82) is 0 Å². The Morgan fingerprint density at radius 1 is 1.15 bits per heavy atom. The largest absolute Gasteiger partial charge is 0.396 e. The summed E-state index contributed by atoms with van der Waals surface area (Å²) in [5.74, 6) is 0. The van der Waals surface area contributed by atoms with Crippen molar-refractivity contribution in [2.45, 2.75) is 39.2 Å². The Bertz CT molecular complexity index is 105. The van der Waals surface area contributed by atoms with Gasteiger partial charge in [-0.1, -0.05) is 13.8 Å². The summed E-state index contributed by atoms with van der Waals surface area (Å²) in [6, 6.07) is 0. The second-order valence-corrected chi connectivity index (χ2v) is 3.36. The van der Waals surface area contributed by atoms with Crippen LogP contribution in [0.25, 0.3) is 0 Å². The monoisotopic (exact) mass is 189 g/mol. The molecule has 0 rings (SSSR count). The van der Waals surface area contributed by atoms with Gasteiger partial charge in [0.2, 0.25) is 0 Å². The number of aliphatic hydroxyl groups excluding tert-OH is 2. The molecule has 13 heavy (non-hydrogen) atoms. The molecule has 1 atom stereocenters. The van der Waals surface area contributed by atoms with Crippen LogP contribution in [-0.2, 0) is 0 Å². The highest BCUT2D eigenvalue weighted by atomic mass is 16.3. The van der Waals surface area contributed by atoms with E-state index in [1.54, 1.807) is 0 Å². The summed E-state index contributed by atoms with van der Waals surface area (Å²) in [4.78, 5) is 2.21. The van der Waals surface area contributed by atoms with Crippen LogP contribution in [-0.4, -0.2) is 47.5 Å². The smallest absolute Gasteiger partial charge is 0.0667 e. The van der Waals surface area contributed by atoms with Crippen LogP contribution in [0.15, 0.2) is 0 Å². The molecule has 3 nitrogen and oxygen atoms in total. The molecular formula is C10H23NO2. The Kier molecular flexibility index (Phi) is 8.40. The summed E-state index contributed by atoms with van der Waals surface area (Å²) < 4.78 is 0. The van der Waals surface area contributed by atoms with Gasteiger partial charge in [-0.25, -0.2) is 0 Å². The zero-order valence-corrected chi connectivity index (χ0v) is 8.87. The molecule has 0 saturated carbocycles. The number of hydrogen-bond acceptors (Lipinski definition) is 3. The van der Waals surface area contributed by atoms with E-state index in [-0.39, 0.29) is 12.7 Å². The van der Waals surface area contributed by atoms with Crippen molar-refractivity contribution < 1.29 is 10.2 Å². The van der Waals surface area contributed by atoms with Crippen molar-refractivity contribution in [3.8, 4) is 0 Å². The van der Waals surface area contributed by atoms with Crippen LogP contribution in [0.4, 0.5) is 0 Å². The fraction of sp³-hybridized carbons (Fsp3) is 1.00. The lowest BCUT2D eigenvalue weighted by molar-refractivity contribution is 0.106. The summed E-state index contributed by atoms with van der Waals surface area (Å²) >= 11 is 0. The minimum Gasteiger partial charge on any atom is -0.396 e. The predicted molar refractivity (Wildman–Crippen MR) is 54.7 cm³/mol. The maximum Gasteiger partial charge on any atom is 0.0667 e. The summed E-state index contributed by atoms with van der Waals surface area (Å²) in [6.07, 6.45) is 2.29. The second kappa shape index (κ2) is 8.48. The van der Waals surface area contributed by atoms with Crippen molar-refractivity contribution in [3.63, 3.8) is 0 Å². The summed E-state index contributed by atoms with van der Waals surface area (Å²) in [7, 11) is 0. The minimum atomic E-state index is -0.230. The van der Waals surface area contributed by atoms with Gasteiger partial charge < -0.3 is 15.1 Å². The first kappa shape index (κ1) is 12.9. The molecule has 0 saturated heterocycles. The molecular weight excluding hydrogens is 166 g/mol. The molecule has 3 heteroatoms. The zero-order chi connectivity index (χ0) is 10.1. The highest BCUT2D eigenvalue weighted by molar-refractivity contribution is 4.62. The molecule has 80 valence electrons. The van der Waals surface area contributed by atoms with Gasteiger partial charge in [0.05, 0.1) is 6.10 Å². The van der Waals surface area contributed by atoms with Crippen LogP contribution < -0.4 is 0 Å². The van der Waals surface area contributed by atoms with Gasteiger partial charge in [0.1, 0.15) is 0 Å². The minimum absolute atomic E-state index is 0.230. The average Bonchev–Trinajstić information content (AvgIpc) is 2.14. The molecule has 1 unspecified atom stereocenters. The van der Waals surface area contributed by atoms with E-state index < -0.39 is 0 Å². The van der Waals surface area contributed by atoms with Crippen molar-refractivity contribution in [3.05, 3.63) is 0 Å². The predicted octanol–water partition coefficient (Wildman–Crippen LogP) is 0.852. The Morgan fingerprint density at radius 2 is 1.77 bits per heavy atom. The van der Waals surface area contributed by atoms with Crippen LogP contribution in [0.5, 0.6) is 0 Å². The normalized spacial score (nSPS) is 13.6. The Balaban J connectivity index is 3.42. The first-order valence-corrected chi connectivity index (χ1v) is 5.25. The van der Waals surface area contributed by atoms with E-state index >= 15 is 0 Å². The average molecular weight is 189 g/mol. The van der Waals surface area contributed by atoms with Gasteiger partial charge >= 0.3 is 0 Å². The van der Waals surface area contributed by atoms with Crippen molar-refractivity contribution in [2.24, 2.45) is 0 Å². The Hall–Kier alpha value is -0.120. The standard InChI is InChI=1S/C10H23NO2/c1-3-11(4-2)9-10(13)7-5-6-8-12/h10,12-13H,3-9H2,1-2H3. The van der Waals surface area contributed by atoms with Crippen LogP contribution in [0, 0.1) is 0 Å². The number of likely N-dealkylation sites (N-methyl/N-ethyl adjacent to an activating group) is 1. The van der Waals surface area contributed by atoms with Gasteiger partial charge in [0, 0.05) is 13.2 Å². The molecule has 0 aromatic carbocycles. The first-order valence-electron chi connectivity index (χ1n) is 5.25. The Morgan fingerprint density at radius 3 is 2.23 bits per heavy atom. The molecule has 0 aliphatic carbocycles. The van der Waals surface area contributed by atoms with Gasteiger partial charge in [-0.05, 0) is 32.4 Å². The summed E-state index contributed by atoms with van der Waals surface area (Å²) in [6.45, 7) is 7.19. The SMILES string of the molecule is CCN(CC)CC(O)CCCCO. The van der Waals surface area contributed by atoms with E-state index in [1.165, 1.54) is 0 Å². The number of nitrogens with zero attached hydrogens (tertiary/aromatic N) is 1. The van der Waals surface area contributed by atoms with Crippen LogP contribution in [0.1, 0.15) is 33.1 Å². The van der Waals surface area contributed by atoms with Gasteiger partial charge in [-0.2, -0.15) is 0 Å². The lowest BCUT2D eigenvalue weighted by atomic mass is 10.1. The van der Waals surface area contributed by atoms with Crippen LogP contribution in [0.2, 0.25) is 0 Å². The fourth-order valence-electron chi connectivity index (χ4n) is 1.36.